The zero-order valence-corrected chi connectivity index (χ0v) is 17.1. The number of hydrogen-bond acceptors (Lipinski definition) is 7. The number of anilines is 2. The van der Waals surface area contributed by atoms with Crippen LogP contribution in [0.15, 0.2) is 67.1 Å². The molecular formula is C23H20N6O2. The second-order valence-corrected chi connectivity index (χ2v) is 7.28. The Hall–Kier alpha value is -4.20. The number of fused-ring (bicyclic) bond motifs is 2. The Labute approximate surface area is 178 Å². The molecule has 0 saturated carbocycles. The molecule has 0 aliphatic heterocycles. The van der Waals surface area contributed by atoms with Gasteiger partial charge in [-0.1, -0.05) is 12.1 Å². The van der Waals surface area contributed by atoms with Crippen molar-refractivity contribution in [3.8, 4) is 11.9 Å². The third kappa shape index (κ3) is 3.71. The van der Waals surface area contributed by atoms with Gasteiger partial charge in [0.05, 0.1) is 22.6 Å². The van der Waals surface area contributed by atoms with Gasteiger partial charge in [0.1, 0.15) is 6.61 Å². The SMILES string of the molecule is CN(c1ccc(COc2nc(O)c3ccncc3n2)cc1)c1ccc2cn(C)nc2c1. The van der Waals surface area contributed by atoms with Crippen LogP contribution in [0.25, 0.3) is 21.8 Å². The lowest BCUT2D eigenvalue weighted by molar-refractivity contribution is 0.277. The number of ether oxygens (including phenoxy) is 1. The van der Waals surface area contributed by atoms with Crippen LogP contribution in [0.2, 0.25) is 0 Å². The third-order valence-electron chi connectivity index (χ3n) is 5.14. The maximum absolute atomic E-state index is 10.1. The summed E-state index contributed by atoms with van der Waals surface area (Å²) < 4.78 is 7.50. The smallest absolute Gasteiger partial charge is 0.320 e. The summed E-state index contributed by atoms with van der Waals surface area (Å²) >= 11 is 0. The number of aromatic hydroxyl groups is 1. The molecule has 0 unspecified atom stereocenters. The Morgan fingerprint density at radius 3 is 2.65 bits per heavy atom. The minimum absolute atomic E-state index is 0.114. The van der Waals surface area contributed by atoms with Crippen molar-refractivity contribution in [2.75, 3.05) is 11.9 Å². The third-order valence-corrected chi connectivity index (χ3v) is 5.14. The Morgan fingerprint density at radius 2 is 1.81 bits per heavy atom. The predicted octanol–water partition coefficient (Wildman–Crippen LogP) is 3.96. The monoisotopic (exact) mass is 412 g/mol. The van der Waals surface area contributed by atoms with E-state index >= 15 is 0 Å². The molecule has 0 saturated heterocycles. The van der Waals surface area contributed by atoms with Gasteiger partial charge in [-0.05, 0) is 42.0 Å². The van der Waals surface area contributed by atoms with Crippen molar-refractivity contribution in [1.82, 2.24) is 24.7 Å². The lowest BCUT2D eigenvalue weighted by Crippen LogP contribution is -2.09. The predicted molar refractivity (Wildman–Crippen MR) is 119 cm³/mol. The molecule has 5 rings (SSSR count). The zero-order valence-electron chi connectivity index (χ0n) is 17.1. The minimum atomic E-state index is -0.121. The maximum atomic E-state index is 10.1. The summed E-state index contributed by atoms with van der Waals surface area (Å²) in [7, 11) is 3.95. The summed E-state index contributed by atoms with van der Waals surface area (Å²) in [5, 5.41) is 16.2. The van der Waals surface area contributed by atoms with Crippen molar-refractivity contribution in [2.24, 2.45) is 7.05 Å². The van der Waals surface area contributed by atoms with Gasteiger partial charge in [-0.3, -0.25) is 9.67 Å². The molecule has 0 spiro atoms. The highest BCUT2D eigenvalue weighted by molar-refractivity contribution is 5.83. The lowest BCUT2D eigenvalue weighted by Gasteiger charge is -2.20. The molecule has 0 aliphatic rings. The van der Waals surface area contributed by atoms with Crippen LogP contribution in [0.3, 0.4) is 0 Å². The molecule has 0 amide bonds. The first kappa shape index (κ1) is 18.8. The van der Waals surface area contributed by atoms with E-state index in [-0.39, 0.29) is 18.5 Å². The first-order chi connectivity index (χ1) is 15.1. The first-order valence-corrected chi connectivity index (χ1v) is 9.76. The fourth-order valence-electron chi connectivity index (χ4n) is 3.46. The Kier molecular flexibility index (Phi) is 4.59. The number of benzene rings is 2. The van der Waals surface area contributed by atoms with Gasteiger partial charge in [-0.2, -0.15) is 15.1 Å². The first-order valence-electron chi connectivity index (χ1n) is 9.76. The molecule has 3 heterocycles. The molecule has 0 fully saturated rings. The molecule has 31 heavy (non-hydrogen) atoms. The van der Waals surface area contributed by atoms with E-state index in [1.807, 2.05) is 49.2 Å². The van der Waals surface area contributed by atoms with Crippen LogP contribution in [0.1, 0.15) is 5.56 Å². The molecule has 5 aromatic rings. The van der Waals surface area contributed by atoms with Gasteiger partial charge in [0.2, 0.25) is 5.88 Å². The van der Waals surface area contributed by atoms with Gasteiger partial charge >= 0.3 is 6.01 Å². The van der Waals surface area contributed by atoms with Gasteiger partial charge in [0.25, 0.3) is 0 Å². The van der Waals surface area contributed by atoms with Crippen molar-refractivity contribution in [1.29, 1.82) is 0 Å². The van der Waals surface area contributed by atoms with Crippen LogP contribution in [-0.4, -0.2) is 36.9 Å². The van der Waals surface area contributed by atoms with Gasteiger partial charge < -0.3 is 14.7 Å². The maximum Gasteiger partial charge on any atom is 0.320 e. The second kappa shape index (κ2) is 7.56. The molecule has 154 valence electrons. The highest BCUT2D eigenvalue weighted by Crippen LogP contribution is 2.27. The molecule has 1 N–H and O–H groups in total. The highest BCUT2D eigenvalue weighted by atomic mass is 16.5. The summed E-state index contributed by atoms with van der Waals surface area (Å²) in [5.74, 6) is -0.121. The number of rotatable bonds is 5. The standard InChI is InChI=1S/C23H20N6O2/c1-28-13-16-5-8-18(11-20(16)27-28)29(2)17-6-3-15(4-7-17)14-31-23-25-21-12-24-10-9-19(21)22(30)26-23/h3-13H,14H2,1-2H3,(H,25,26,30). The summed E-state index contributed by atoms with van der Waals surface area (Å²) in [5.41, 5.74) is 4.57. The van der Waals surface area contributed by atoms with E-state index in [0.29, 0.717) is 10.9 Å². The largest absolute Gasteiger partial charge is 0.493 e. The number of aromatic nitrogens is 5. The van der Waals surface area contributed by atoms with E-state index in [1.165, 1.54) is 0 Å². The van der Waals surface area contributed by atoms with E-state index in [9.17, 15) is 5.11 Å². The fourth-order valence-corrected chi connectivity index (χ4v) is 3.46. The van der Waals surface area contributed by atoms with Gasteiger partial charge in [-0.15, -0.1) is 0 Å². The van der Waals surface area contributed by atoms with E-state index in [2.05, 4.69) is 43.1 Å². The van der Waals surface area contributed by atoms with Crippen LogP contribution >= 0.6 is 0 Å². The van der Waals surface area contributed by atoms with Crippen molar-refractivity contribution in [3.05, 3.63) is 72.7 Å². The van der Waals surface area contributed by atoms with Crippen LogP contribution in [0, 0.1) is 0 Å². The van der Waals surface area contributed by atoms with Crippen molar-refractivity contribution in [2.45, 2.75) is 6.61 Å². The van der Waals surface area contributed by atoms with E-state index in [0.717, 1.165) is 27.8 Å². The number of hydrogen-bond donors (Lipinski definition) is 1. The topological polar surface area (TPSA) is 89.2 Å². The molecule has 3 aromatic heterocycles. The number of pyridine rings is 1. The normalized spacial score (nSPS) is 11.2. The van der Waals surface area contributed by atoms with Crippen molar-refractivity contribution >= 4 is 33.2 Å². The van der Waals surface area contributed by atoms with Gasteiger partial charge in [0.15, 0.2) is 0 Å². The molecule has 8 heteroatoms. The Balaban J connectivity index is 1.30. The average molecular weight is 412 g/mol. The van der Waals surface area contributed by atoms with Crippen molar-refractivity contribution in [3.63, 3.8) is 0 Å². The van der Waals surface area contributed by atoms with Gasteiger partial charge in [0, 0.05) is 43.3 Å². The van der Waals surface area contributed by atoms with Crippen LogP contribution in [-0.2, 0) is 13.7 Å². The summed E-state index contributed by atoms with van der Waals surface area (Å²) in [6.07, 6.45) is 5.15. The number of aryl methyl sites for hydroxylation is 1. The quantitative estimate of drug-likeness (QED) is 0.467. The molecule has 0 radical (unpaired) electrons. The van der Waals surface area contributed by atoms with Crippen LogP contribution < -0.4 is 9.64 Å². The molecule has 0 aliphatic carbocycles. The highest BCUT2D eigenvalue weighted by Gasteiger charge is 2.09. The van der Waals surface area contributed by atoms with Crippen LogP contribution in [0.4, 0.5) is 11.4 Å². The summed E-state index contributed by atoms with van der Waals surface area (Å²) in [6, 6.07) is 16.1. The van der Waals surface area contributed by atoms with E-state index in [4.69, 9.17) is 4.74 Å². The fraction of sp³-hybridized carbons (Fsp3) is 0.130. The lowest BCUT2D eigenvalue weighted by atomic mass is 10.2. The molecular weight excluding hydrogens is 392 g/mol. The van der Waals surface area contributed by atoms with Gasteiger partial charge in [-0.25, -0.2) is 0 Å². The summed E-state index contributed by atoms with van der Waals surface area (Å²) in [6.45, 7) is 0.287. The minimum Gasteiger partial charge on any atom is -0.493 e. The Bertz CT molecular complexity index is 1380. The molecule has 0 atom stereocenters. The Morgan fingerprint density at radius 1 is 1.00 bits per heavy atom. The van der Waals surface area contributed by atoms with E-state index in [1.54, 1.807) is 18.5 Å². The second-order valence-electron chi connectivity index (χ2n) is 7.28. The van der Waals surface area contributed by atoms with Crippen LogP contribution in [0.5, 0.6) is 11.9 Å². The number of nitrogens with zero attached hydrogens (tertiary/aromatic N) is 6. The molecule has 8 nitrogen and oxygen atoms in total. The zero-order chi connectivity index (χ0) is 21.4. The van der Waals surface area contributed by atoms with E-state index < -0.39 is 0 Å². The average Bonchev–Trinajstić information content (AvgIpc) is 3.17. The van der Waals surface area contributed by atoms with Crippen molar-refractivity contribution < 1.29 is 9.84 Å². The summed E-state index contributed by atoms with van der Waals surface area (Å²) in [4.78, 5) is 14.4. The molecule has 2 aromatic carbocycles. The molecule has 0 bridgehead atoms.